The number of amides is 3. The van der Waals surface area contributed by atoms with Crippen LogP contribution in [0, 0.1) is 17.8 Å². The molecule has 4 aliphatic carbocycles. The van der Waals surface area contributed by atoms with Crippen molar-refractivity contribution in [1.29, 1.82) is 0 Å². The first-order valence-electron chi connectivity index (χ1n) is 14.7. The Kier molecular flexibility index (Phi) is 7.77. The van der Waals surface area contributed by atoms with Crippen LogP contribution in [0.2, 0.25) is 0 Å². The van der Waals surface area contributed by atoms with Gasteiger partial charge in [0.15, 0.2) is 0 Å². The summed E-state index contributed by atoms with van der Waals surface area (Å²) in [5.41, 5.74) is 2.86. The van der Waals surface area contributed by atoms with E-state index in [0.717, 1.165) is 48.1 Å². The lowest BCUT2D eigenvalue weighted by atomic mass is 9.53. The van der Waals surface area contributed by atoms with E-state index in [0.29, 0.717) is 17.7 Å². The van der Waals surface area contributed by atoms with E-state index in [-0.39, 0.29) is 24.0 Å². The van der Waals surface area contributed by atoms with Crippen LogP contribution in [-0.4, -0.2) is 29.5 Å². The smallest absolute Gasteiger partial charge is 0.408 e. The Labute approximate surface area is 241 Å². The lowest BCUT2D eigenvalue weighted by molar-refractivity contribution is -0.118. The second-order valence-electron chi connectivity index (χ2n) is 12.2. The first-order valence-corrected chi connectivity index (χ1v) is 14.7. The van der Waals surface area contributed by atoms with E-state index in [2.05, 4.69) is 16.0 Å². The molecule has 3 amide bonds. The number of carbonyl (C=O) groups excluding carboxylic acids is 3. The molecule has 3 N–H and O–H groups in total. The highest BCUT2D eigenvalue weighted by Gasteiger charge is 2.51. The third-order valence-electron chi connectivity index (χ3n) is 8.94. The van der Waals surface area contributed by atoms with Gasteiger partial charge in [-0.05, 0) is 91.7 Å². The molecule has 0 heterocycles. The van der Waals surface area contributed by atoms with Gasteiger partial charge in [0, 0.05) is 23.2 Å². The van der Waals surface area contributed by atoms with Gasteiger partial charge in [0.25, 0.3) is 5.91 Å². The molecule has 1 unspecified atom stereocenters. The molecule has 212 valence electrons. The molecule has 1 atom stereocenters. The molecule has 0 radical (unpaired) electrons. The van der Waals surface area contributed by atoms with Gasteiger partial charge in [-0.2, -0.15) is 0 Å². The first-order chi connectivity index (χ1) is 19.9. The number of ether oxygens (including phenoxy) is 1. The number of hydrogen-bond acceptors (Lipinski definition) is 4. The van der Waals surface area contributed by atoms with E-state index in [4.69, 9.17) is 4.74 Å². The maximum absolute atomic E-state index is 13.3. The van der Waals surface area contributed by atoms with Crippen LogP contribution in [0.25, 0.3) is 0 Å². The van der Waals surface area contributed by atoms with Crippen LogP contribution in [-0.2, 0) is 22.6 Å². The molecule has 4 saturated carbocycles. The molecule has 7 heteroatoms. The van der Waals surface area contributed by atoms with E-state index >= 15 is 0 Å². The summed E-state index contributed by atoms with van der Waals surface area (Å²) in [5.74, 6) is 1.86. The van der Waals surface area contributed by atoms with Gasteiger partial charge in [0.2, 0.25) is 5.91 Å². The molecule has 7 rings (SSSR count). The Morgan fingerprint density at radius 3 is 1.90 bits per heavy atom. The molecule has 41 heavy (non-hydrogen) atoms. The van der Waals surface area contributed by atoms with Crippen LogP contribution in [0.4, 0.5) is 10.5 Å². The molecule has 4 aliphatic rings. The molecular weight excluding hydrogens is 514 g/mol. The molecule has 4 bridgehead atoms. The van der Waals surface area contributed by atoms with Gasteiger partial charge >= 0.3 is 6.09 Å². The van der Waals surface area contributed by atoms with Crippen molar-refractivity contribution in [3.63, 3.8) is 0 Å². The van der Waals surface area contributed by atoms with Crippen molar-refractivity contribution in [2.24, 2.45) is 17.8 Å². The van der Waals surface area contributed by atoms with Gasteiger partial charge in [0.1, 0.15) is 12.6 Å². The summed E-state index contributed by atoms with van der Waals surface area (Å²) in [5, 5.41) is 9.02. The van der Waals surface area contributed by atoms with Crippen molar-refractivity contribution in [2.75, 3.05) is 5.32 Å². The maximum atomic E-state index is 13.3. The summed E-state index contributed by atoms with van der Waals surface area (Å²) in [6.07, 6.45) is 6.92. The summed E-state index contributed by atoms with van der Waals surface area (Å²) in [6, 6.07) is 25.0. The number of rotatable bonds is 9. The van der Waals surface area contributed by atoms with E-state index in [1.807, 2.05) is 60.7 Å². The molecule has 7 nitrogen and oxygen atoms in total. The third-order valence-corrected chi connectivity index (χ3v) is 8.94. The quantitative estimate of drug-likeness (QED) is 0.310. The van der Waals surface area contributed by atoms with Gasteiger partial charge in [0.05, 0.1) is 0 Å². The minimum absolute atomic E-state index is 0.0467. The van der Waals surface area contributed by atoms with E-state index < -0.39 is 12.1 Å². The average molecular weight is 552 g/mol. The Bertz CT molecular complexity index is 1340. The lowest BCUT2D eigenvalue weighted by Crippen LogP contribution is -2.59. The maximum Gasteiger partial charge on any atom is 0.408 e. The van der Waals surface area contributed by atoms with Crippen LogP contribution in [0.3, 0.4) is 0 Å². The van der Waals surface area contributed by atoms with E-state index in [9.17, 15) is 14.4 Å². The van der Waals surface area contributed by atoms with Gasteiger partial charge < -0.3 is 20.7 Å². The normalized spacial score (nSPS) is 24.7. The van der Waals surface area contributed by atoms with Crippen LogP contribution >= 0.6 is 0 Å². The molecular formula is C34H37N3O4. The van der Waals surface area contributed by atoms with Crippen LogP contribution in [0.5, 0.6) is 0 Å². The summed E-state index contributed by atoms with van der Waals surface area (Å²) >= 11 is 0. The predicted octanol–water partition coefficient (Wildman–Crippen LogP) is 5.86. The average Bonchev–Trinajstić information content (AvgIpc) is 2.96. The molecule has 3 aromatic carbocycles. The molecule has 0 spiro atoms. The monoisotopic (exact) mass is 551 g/mol. The van der Waals surface area contributed by atoms with E-state index in [1.165, 1.54) is 19.3 Å². The SMILES string of the molecule is O=C(NC(Cc1ccccc1)C(=O)Nc1ccc(C(=O)NC23CC4CC(CC(C4)C2)C3)cc1)OCc1ccccc1. The standard InChI is InChI=1S/C34H37N3O4/c38-31(37-34-19-25-15-26(20-34)17-27(16-25)21-34)28-11-13-29(14-12-28)35-32(39)30(18-23-7-3-1-4-8-23)36-33(40)41-22-24-9-5-2-6-10-24/h1-14,25-27,30H,15-22H2,(H,35,39)(H,36,40)(H,37,38). The van der Waals surface area contributed by atoms with Gasteiger partial charge in [-0.25, -0.2) is 4.79 Å². The largest absolute Gasteiger partial charge is 0.445 e. The Balaban J connectivity index is 1.07. The summed E-state index contributed by atoms with van der Waals surface area (Å²) in [6.45, 7) is 0.110. The predicted molar refractivity (Wildman–Crippen MR) is 157 cm³/mol. The van der Waals surface area contributed by atoms with Gasteiger partial charge in [-0.15, -0.1) is 0 Å². The van der Waals surface area contributed by atoms with Gasteiger partial charge in [-0.3, -0.25) is 9.59 Å². The fourth-order valence-corrected chi connectivity index (χ4v) is 7.48. The zero-order valence-corrected chi connectivity index (χ0v) is 23.2. The van der Waals surface area contributed by atoms with Crippen molar-refractivity contribution >= 4 is 23.6 Å². The summed E-state index contributed by atoms with van der Waals surface area (Å²) < 4.78 is 5.36. The van der Waals surface area contributed by atoms with Gasteiger partial charge in [-0.1, -0.05) is 60.7 Å². The van der Waals surface area contributed by atoms with Crippen molar-refractivity contribution < 1.29 is 19.1 Å². The van der Waals surface area contributed by atoms with Crippen molar-refractivity contribution in [1.82, 2.24) is 10.6 Å². The molecule has 0 aromatic heterocycles. The number of benzene rings is 3. The van der Waals surface area contributed by atoms with Crippen molar-refractivity contribution in [2.45, 2.75) is 63.1 Å². The minimum Gasteiger partial charge on any atom is -0.445 e. The summed E-state index contributed by atoms with van der Waals surface area (Å²) in [7, 11) is 0. The molecule has 4 fully saturated rings. The number of nitrogens with one attached hydrogen (secondary N) is 3. The zero-order chi connectivity index (χ0) is 28.2. The molecule has 0 aliphatic heterocycles. The Hall–Kier alpha value is -4.13. The summed E-state index contributed by atoms with van der Waals surface area (Å²) in [4.78, 5) is 39.1. The minimum atomic E-state index is -0.847. The fourth-order valence-electron chi connectivity index (χ4n) is 7.48. The number of alkyl carbamates (subject to hydrolysis) is 1. The number of anilines is 1. The first kappa shape index (κ1) is 27.1. The highest BCUT2D eigenvalue weighted by molar-refractivity contribution is 5.98. The van der Waals surface area contributed by atoms with Crippen LogP contribution in [0.1, 0.15) is 60.0 Å². The third kappa shape index (κ3) is 6.62. The second-order valence-corrected chi connectivity index (χ2v) is 12.2. The number of carbonyl (C=O) groups is 3. The Morgan fingerprint density at radius 1 is 0.756 bits per heavy atom. The zero-order valence-electron chi connectivity index (χ0n) is 23.2. The Morgan fingerprint density at radius 2 is 1.32 bits per heavy atom. The molecule has 3 aromatic rings. The van der Waals surface area contributed by atoms with Crippen molar-refractivity contribution in [3.05, 3.63) is 102 Å². The highest BCUT2D eigenvalue weighted by atomic mass is 16.5. The fraction of sp³-hybridized carbons (Fsp3) is 0.382. The number of hydrogen-bond donors (Lipinski definition) is 3. The topological polar surface area (TPSA) is 96.5 Å². The molecule has 0 saturated heterocycles. The van der Waals surface area contributed by atoms with Crippen LogP contribution in [0.15, 0.2) is 84.9 Å². The lowest BCUT2D eigenvalue weighted by Gasteiger charge is -2.56. The van der Waals surface area contributed by atoms with E-state index in [1.54, 1.807) is 24.3 Å². The second kappa shape index (κ2) is 11.8. The highest BCUT2D eigenvalue weighted by Crippen LogP contribution is 2.55. The van der Waals surface area contributed by atoms with Crippen molar-refractivity contribution in [3.8, 4) is 0 Å². The van der Waals surface area contributed by atoms with Crippen LogP contribution < -0.4 is 16.0 Å².